The number of aromatic nitrogens is 3. The van der Waals surface area contributed by atoms with E-state index >= 15 is 0 Å². The molecule has 9 heteroatoms. The Morgan fingerprint density at radius 2 is 2.00 bits per heavy atom. The molecule has 4 aromatic rings. The van der Waals surface area contributed by atoms with E-state index in [1.807, 2.05) is 18.2 Å². The number of carbonyl (C=O) groups excluding carboxylic acids is 1. The molecule has 4 rings (SSSR count). The van der Waals surface area contributed by atoms with Crippen molar-refractivity contribution in [1.29, 1.82) is 0 Å². The molecule has 0 radical (unpaired) electrons. The lowest BCUT2D eigenvalue weighted by molar-refractivity contribution is -0.148. The number of halogens is 3. The third-order valence-corrected chi connectivity index (χ3v) is 5.79. The van der Waals surface area contributed by atoms with Crippen LogP contribution in [0.2, 0.25) is 5.02 Å². The zero-order valence-corrected chi connectivity index (χ0v) is 18.0. The lowest BCUT2D eigenvalue weighted by Crippen LogP contribution is -2.16. The minimum atomic E-state index is -2.80. The van der Waals surface area contributed by atoms with E-state index in [9.17, 15) is 13.6 Å². The van der Waals surface area contributed by atoms with Gasteiger partial charge in [0.25, 0.3) is 0 Å². The molecule has 2 heterocycles. The Morgan fingerprint density at radius 1 is 1.19 bits per heavy atom. The first-order valence-corrected chi connectivity index (χ1v) is 10.8. The zero-order valence-electron chi connectivity index (χ0n) is 16.5. The van der Waals surface area contributed by atoms with Crippen LogP contribution in [0, 0.1) is 0 Å². The van der Waals surface area contributed by atoms with Crippen molar-refractivity contribution < 1.29 is 18.3 Å². The number of ether oxygens (including phenoxy) is 1. The molecule has 1 unspecified atom stereocenters. The smallest absolute Gasteiger partial charge is 0.320 e. The predicted molar refractivity (Wildman–Crippen MR) is 116 cm³/mol. The number of nitrogens with zero attached hydrogens (tertiary/aromatic N) is 3. The second-order valence-corrected chi connectivity index (χ2v) is 8.33. The van der Waals surface area contributed by atoms with Crippen LogP contribution in [-0.2, 0) is 22.4 Å². The summed E-state index contributed by atoms with van der Waals surface area (Å²) in [5, 5.41) is 3.29. The number of alkyl halides is 2. The van der Waals surface area contributed by atoms with Gasteiger partial charge in [-0.2, -0.15) is 8.78 Å². The van der Waals surface area contributed by atoms with Gasteiger partial charge in [0, 0.05) is 16.8 Å². The first kappa shape index (κ1) is 21.4. The minimum absolute atomic E-state index is 0.00414. The van der Waals surface area contributed by atoms with E-state index in [1.165, 1.54) is 18.3 Å². The number of para-hydroxylation sites is 2. The number of benzene rings is 2. The molecule has 0 bridgehead atoms. The molecule has 0 aliphatic heterocycles. The van der Waals surface area contributed by atoms with Crippen molar-refractivity contribution in [2.45, 2.75) is 32.4 Å². The Hall–Kier alpha value is -2.84. The van der Waals surface area contributed by atoms with Crippen molar-refractivity contribution >= 4 is 39.9 Å². The first-order valence-electron chi connectivity index (χ1n) is 9.53. The lowest BCUT2D eigenvalue weighted by atomic mass is 10.2. The molecule has 0 saturated carbocycles. The average Bonchev–Trinajstić information content (AvgIpc) is 3.32. The Kier molecular flexibility index (Phi) is 6.29. The Labute approximate surface area is 186 Å². The third-order valence-electron chi connectivity index (χ3n) is 4.66. The molecule has 2 aromatic heterocycles. The molecule has 0 spiro atoms. The number of thiazole rings is 1. The van der Waals surface area contributed by atoms with Crippen LogP contribution in [0.5, 0.6) is 0 Å². The molecule has 0 N–H and O–H groups in total. The van der Waals surface area contributed by atoms with E-state index in [2.05, 4.69) is 9.97 Å². The van der Waals surface area contributed by atoms with Gasteiger partial charge in [-0.05, 0) is 36.8 Å². The highest BCUT2D eigenvalue weighted by atomic mass is 35.5. The number of imidazole rings is 1. The minimum Gasteiger partial charge on any atom is -0.454 e. The van der Waals surface area contributed by atoms with Gasteiger partial charge in [-0.15, -0.1) is 11.3 Å². The summed E-state index contributed by atoms with van der Waals surface area (Å²) < 4.78 is 33.4. The highest BCUT2D eigenvalue weighted by Crippen LogP contribution is 2.28. The first-order chi connectivity index (χ1) is 14.9. The molecule has 0 aliphatic rings. The molecule has 0 saturated heterocycles. The van der Waals surface area contributed by atoms with Crippen molar-refractivity contribution in [3.8, 4) is 0 Å². The number of hydrogen-bond donors (Lipinski definition) is 0. The predicted octanol–water partition coefficient (Wildman–Crippen LogP) is 5.98. The second-order valence-electron chi connectivity index (χ2n) is 6.95. The Morgan fingerprint density at radius 3 is 2.77 bits per heavy atom. The maximum absolute atomic E-state index is 13.6. The van der Waals surface area contributed by atoms with Gasteiger partial charge in [0.15, 0.2) is 11.9 Å². The SMILES string of the molecule is CC(OC(=O)Cc1csc(Cc2cccc(Cl)c2)n1)c1nc2ccccc2n1C(F)F. The number of hydrogen-bond acceptors (Lipinski definition) is 5. The van der Waals surface area contributed by atoms with Crippen LogP contribution in [0.15, 0.2) is 53.9 Å². The summed E-state index contributed by atoms with van der Waals surface area (Å²) in [5.74, 6) is -0.551. The molecular formula is C22H18ClF2N3O2S. The van der Waals surface area contributed by atoms with E-state index in [1.54, 1.807) is 35.7 Å². The fourth-order valence-corrected chi connectivity index (χ4v) is 4.37. The normalized spacial score (nSPS) is 12.4. The summed E-state index contributed by atoms with van der Waals surface area (Å²) in [6.07, 6.45) is -0.376. The molecule has 0 aliphatic carbocycles. The Balaban J connectivity index is 1.43. The van der Waals surface area contributed by atoms with Crippen LogP contribution in [0.4, 0.5) is 8.78 Å². The van der Waals surface area contributed by atoms with Gasteiger partial charge in [-0.1, -0.05) is 35.9 Å². The molecule has 31 heavy (non-hydrogen) atoms. The van der Waals surface area contributed by atoms with Gasteiger partial charge in [0.05, 0.1) is 28.2 Å². The summed E-state index contributed by atoms with van der Waals surface area (Å²) in [6, 6.07) is 14.1. The highest BCUT2D eigenvalue weighted by Gasteiger charge is 2.24. The van der Waals surface area contributed by atoms with Crippen LogP contribution >= 0.6 is 22.9 Å². The topological polar surface area (TPSA) is 57.0 Å². The molecule has 5 nitrogen and oxygen atoms in total. The summed E-state index contributed by atoms with van der Waals surface area (Å²) in [4.78, 5) is 21.1. The van der Waals surface area contributed by atoms with Crippen molar-refractivity contribution in [3.05, 3.63) is 81.0 Å². The summed E-state index contributed by atoms with van der Waals surface area (Å²) in [6.45, 7) is -1.26. The van der Waals surface area contributed by atoms with E-state index < -0.39 is 18.6 Å². The monoisotopic (exact) mass is 461 g/mol. The zero-order chi connectivity index (χ0) is 22.0. The fraction of sp³-hybridized carbons (Fsp3) is 0.227. The van der Waals surface area contributed by atoms with Crippen molar-refractivity contribution in [2.24, 2.45) is 0 Å². The van der Waals surface area contributed by atoms with Gasteiger partial charge in [-0.3, -0.25) is 9.36 Å². The van der Waals surface area contributed by atoms with Crippen LogP contribution in [0.3, 0.4) is 0 Å². The summed E-state index contributed by atoms with van der Waals surface area (Å²) in [7, 11) is 0. The van der Waals surface area contributed by atoms with Gasteiger partial charge in [0.1, 0.15) is 0 Å². The number of carbonyl (C=O) groups is 1. The van der Waals surface area contributed by atoms with E-state index in [-0.39, 0.29) is 12.2 Å². The van der Waals surface area contributed by atoms with Crippen molar-refractivity contribution in [2.75, 3.05) is 0 Å². The maximum atomic E-state index is 13.6. The largest absolute Gasteiger partial charge is 0.454 e. The van der Waals surface area contributed by atoms with Crippen LogP contribution in [0.25, 0.3) is 11.0 Å². The summed E-state index contributed by atoms with van der Waals surface area (Å²) in [5.41, 5.74) is 2.31. The quantitative estimate of drug-likeness (QED) is 0.318. The lowest BCUT2D eigenvalue weighted by Gasteiger charge is -2.14. The summed E-state index contributed by atoms with van der Waals surface area (Å²) >= 11 is 7.45. The third kappa shape index (κ3) is 4.91. The van der Waals surface area contributed by atoms with Crippen LogP contribution in [0.1, 0.15) is 41.7 Å². The van der Waals surface area contributed by atoms with Gasteiger partial charge in [-0.25, -0.2) is 9.97 Å². The van der Waals surface area contributed by atoms with E-state index in [0.29, 0.717) is 28.2 Å². The molecular weight excluding hydrogens is 444 g/mol. The average molecular weight is 462 g/mol. The number of fused-ring (bicyclic) bond motifs is 1. The Bertz CT molecular complexity index is 1220. The number of esters is 1. The molecule has 2 aromatic carbocycles. The molecule has 0 amide bonds. The molecule has 0 fully saturated rings. The maximum Gasteiger partial charge on any atom is 0.320 e. The molecule has 1 atom stereocenters. The van der Waals surface area contributed by atoms with Gasteiger partial charge < -0.3 is 4.74 Å². The molecule has 160 valence electrons. The fourth-order valence-electron chi connectivity index (χ4n) is 3.33. The van der Waals surface area contributed by atoms with Crippen molar-refractivity contribution in [1.82, 2.24) is 14.5 Å². The van der Waals surface area contributed by atoms with E-state index in [0.717, 1.165) is 15.1 Å². The second kappa shape index (κ2) is 9.11. The van der Waals surface area contributed by atoms with Gasteiger partial charge in [0.2, 0.25) is 0 Å². The van der Waals surface area contributed by atoms with E-state index in [4.69, 9.17) is 16.3 Å². The van der Waals surface area contributed by atoms with Crippen LogP contribution in [-0.4, -0.2) is 20.5 Å². The standard InChI is InChI=1S/C22H18ClF2N3O2S/c1-13(21-27-17-7-2-3-8-18(17)28(21)22(24)25)30-20(29)11-16-12-31-19(26-16)10-14-5-4-6-15(23)9-14/h2-9,12-13,22H,10-11H2,1H3. The van der Waals surface area contributed by atoms with Crippen LogP contribution < -0.4 is 0 Å². The number of rotatable bonds is 7. The van der Waals surface area contributed by atoms with Crippen molar-refractivity contribution in [3.63, 3.8) is 0 Å². The van der Waals surface area contributed by atoms with Gasteiger partial charge >= 0.3 is 12.5 Å². The highest BCUT2D eigenvalue weighted by molar-refractivity contribution is 7.09.